The highest BCUT2D eigenvalue weighted by Crippen LogP contribution is 2.36. The Morgan fingerprint density at radius 3 is 1.89 bits per heavy atom. The van der Waals surface area contributed by atoms with E-state index >= 15 is 0 Å². The van der Waals surface area contributed by atoms with Crippen LogP contribution in [-0.2, 0) is 0 Å². The maximum Gasteiger partial charge on any atom is 0.0807 e. The first-order valence-corrected chi connectivity index (χ1v) is 3.34. The fourth-order valence-corrected chi connectivity index (χ4v) is 1.45. The monoisotopic (exact) mass is 126 g/mol. The van der Waals surface area contributed by atoms with E-state index in [2.05, 4.69) is 19.9 Å². The van der Waals surface area contributed by atoms with Crippen LogP contribution in [0.25, 0.3) is 0 Å². The minimum atomic E-state index is -0.552. The van der Waals surface area contributed by atoms with Gasteiger partial charge in [0, 0.05) is 0 Å². The summed E-state index contributed by atoms with van der Waals surface area (Å²) in [5.74, 6) is 0. The standard InChI is InChI=1S/C8H14O/c1-7(2)4-5-8(3,9)6-7/h4-5,9H,6H2,1-3H3/t8-/m1/s1. The van der Waals surface area contributed by atoms with Gasteiger partial charge in [0.25, 0.3) is 0 Å². The van der Waals surface area contributed by atoms with E-state index in [0.717, 1.165) is 6.42 Å². The van der Waals surface area contributed by atoms with Crippen LogP contribution in [0.5, 0.6) is 0 Å². The number of allylic oxidation sites excluding steroid dienone is 1. The first-order chi connectivity index (χ1) is 3.91. The lowest BCUT2D eigenvalue weighted by atomic mass is 9.89. The van der Waals surface area contributed by atoms with Crippen LogP contribution in [0.1, 0.15) is 27.2 Å². The summed E-state index contributed by atoms with van der Waals surface area (Å²) < 4.78 is 0. The van der Waals surface area contributed by atoms with Gasteiger partial charge in [-0.2, -0.15) is 0 Å². The van der Waals surface area contributed by atoms with Crippen LogP contribution in [0.15, 0.2) is 12.2 Å². The molecule has 0 bridgehead atoms. The Morgan fingerprint density at radius 1 is 1.22 bits per heavy atom. The van der Waals surface area contributed by atoms with E-state index in [9.17, 15) is 5.11 Å². The molecule has 0 saturated carbocycles. The van der Waals surface area contributed by atoms with Gasteiger partial charge in [-0.05, 0) is 18.8 Å². The predicted octanol–water partition coefficient (Wildman–Crippen LogP) is 1.72. The third-order valence-electron chi connectivity index (χ3n) is 1.71. The quantitative estimate of drug-likeness (QED) is 0.490. The van der Waals surface area contributed by atoms with Crippen LogP contribution >= 0.6 is 0 Å². The molecule has 1 nitrogen and oxygen atoms in total. The van der Waals surface area contributed by atoms with Gasteiger partial charge in [0.15, 0.2) is 0 Å². The minimum Gasteiger partial charge on any atom is -0.386 e. The van der Waals surface area contributed by atoms with E-state index in [1.807, 2.05) is 13.0 Å². The molecule has 9 heavy (non-hydrogen) atoms. The minimum absolute atomic E-state index is 0.198. The first kappa shape index (κ1) is 6.81. The van der Waals surface area contributed by atoms with Gasteiger partial charge in [-0.1, -0.05) is 26.0 Å². The molecule has 0 fully saturated rings. The number of aliphatic hydroxyl groups is 1. The van der Waals surface area contributed by atoms with Gasteiger partial charge in [-0.25, -0.2) is 0 Å². The summed E-state index contributed by atoms with van der Waals surface area (Å²) >= 11 is 0. The van der Waals surface area contributed by atoms with Crippen LogP contribution in [0.2, 0.25) is 0 Å². The van der Waals surface area contributed by atoms with Crippen molar-refractivity contribution in [3.05, 3.63) is 12.2 Å². The number of rotatable bonds is 0. The van der Waals surface area contributed by atoms with Crippen molar-refractivity contribution in [3.8, 4) is 0 Å². The van der Waals surface area contributed by atoms with Crippen molar-refractivity contribution < 1.29 is 5.11 Å². The molecule has 0 aromatic rings. The second-order valence-corrected chi connectivity index (χ2v) is 3.86. The van der Waals surface area contributed by atoms with E-state index in [4.69, 9.17) is 0 Å². The SMILES string of the molecule is CC1(C)C=C[C@@](C)(O)C1. The maximum atomic E-state index is 9.44. The number of hydrogen-bond acceptors (Lipinski definition) is 1. The molecule has 0 aliphatic heterocycles. The Hall–Kier alpha value is -0.300. The summed E-state index contributed by atoms with van der Waals surface area (Å²) in [7, 11) is 0. The molecule has 1 heteroatoms. The van der Waals surface area contributed by atoms with Crippen LogP contribution < -0.4 is 0 Å². The Bertz CT molecular complexity index is 127. The van der Waals surface area contributed by atoms with Crippen LogP contribution in [0.3, 0.4) is 0 Å². The zero-order chi connectivity index (χ0) is 7.12. The van der Waals surface area contributed by atoms with Gasteiger partial charge in [-0.15, -0.1) is 0 Å². The summed E-state index contributed by atoms with van der Waals surface area (Å²) in [5.41, 5.74) is -0.354. The lowest BCUT2D eigenvalue weighted by Crippen LogP contribution is -2.21. The van der Waals surface area contributed by atoms with Gasteiger partial charge in [0.1, 0.15) is 0 Å². The molecular weight excluding hydrogens is 112 g/mol. The van der Waals surface area contributed by atoms with E-state index in [-0.39, 0.29) is 5.41 Å². The molecule has 52 valence electrons. The van der Waals surface area contributed by atoms with Gasteiger partial charge < -0.3 is 5.11 Å². The maximum absolute atomic E-state index is 9.44. The average Bonchev–Trinajstić information content (AvgIpc) is 1.78. The molecule has 0 radical (unpaired) electrons. The molecule has 1 rings (SSSR count). The van der Waals surface area contributed by atoms with Crippen LogP contribution in [0, 0.1) is 5.41 Å². The van der Waals surface area contributed by atoms with Crippen molar-refractivity contribution >= 4 is 0 Å². The Kier molecular flexibility index (Phi) is 1.21. The molecule has 0 saturated heterocycles. The highest BCUT2D eigenvalue weighted by molar-refractivity contribution is 5.14. The van der Waals surface area contributed by atoms with Crippen LogP contribution in [-0.4, -0.2) is 10.7 Å². The highest BCUT2D eigenvalue weighted by Gasteiger charge is 2.32. The van der Waals surface area contributed by atoms with Gasteiger partial charge in [0.2, 0.25) is 0 Å². The van der Waals surface area contributed by atoms with Gasteiger partial charge in [0.05, 0.1) is 5.60 Å². The summed E-state index contributed by atoms with van der Waals surface area (Å²) in [5, 5.41) is 9.44. The summed E-state index contributed by atoms with van der Waals surface area (Å²) in [4.78, 5) is 0. The zero-order valence-corrected chi connectivity index (χ0v) is 6.31. The Balaban J connectivity index is 2.71. The Labute approximate surface area is 56.4 Å². The second kappa shape index (κ2) is 1.60. The molecule has 0 aromatic heterocycles. The normalized spacial score (nSPS) is 39.6. The molecule has 0 spiro atoms. The lowest BCUT2D eigenvalue weighted by Gasteiger charge is -2.20. The van der Waals surface area contributed by atoms with Crippen molar-refractivity contribution in [2.24, 2.45) is 5.41 Å². The summed E-state index contributed by atoms with van der Waals surface area (Å²) in [6.07, 6.45) is 4.81. The third-order valence-corrected chi connectivity index (χ3v) is 1.71. The van der Waals surface area contributed by atoms with Crippen molar-refractivity contribution in [2.45, 2.75) is 32.8 Å². The molecule has 0 heterocycles. The smallest absolute Gasteiger partial charge is 0.0807 e. The summed E-state index contributed by atoms with van der Waals surface area (Å²) in [6, 6.07) is 0. The molecular formula is C8H14O. The van der Waals surface area contributed by atoms with Crippen molar-refractivity contribution in [3.63, 3.8) is 0 Å². The third kappa shape index (κ3) is 1.55. The van der Waals surface area contributed by atoms with Crippen molar-refractivity contribution in [2.75, 3.05) is 0 Å². The van der Waals surface area contributed by atoms with E-state index in [1.54, 1.807) is 0 Å². The largest absolute Gasteiger partial charge is 0.386 e. The molecule has 1 N–H and O–H groups in total. The topological polar surface area (TPSA) is 20.2 Å². The lowest BCUT2D eigenvalue weighted by molar-refractivity contribution is 0.0884. The fraction of sp³-hybridized carbons (Fsp3) is 0.750. The number of hydrogen-bond donors (Lipinski definition) is 1. The van der Waals surface area contributed by atoms with E-state index < -0.39 is 5.60 Å². The van der Waals surface area contributed by atoms with E-state index in [1.165, 1.54) is 0 Å². The zero-order valence-electron chi connectivity index (χ0n) is 6.31. The first-order valence-electron chi connectivity index (χ1n) is 3.34. The molecule has 0 amide bonds. The van der Waals surface area contributed by atoms with Crippen molar-refractivity contribution in [1.82, 2.24) is 0 Å². The van der Waals surface area contributed by atoms with Crippen LogP contribution in [0.4, 0.5) is 0 Å². The molecule has 0 unspecified atom stereocenters. The predicted molar refractivity (Wildman–Crippen MR) is 38.2 cm³/mol. The Morgan fingerprint density at radius 2 is 1.78 bits per heavy atom. The average molecular weight is 126 g/mol. The van der Waals surface area contributed by atoms with E-state index in [0.29, 0.717) is 0 Å². The molecule has 0 aromatic carbocycles. The molecule has 1 aliphatic carbocycles. The second-order valence-electron chi connectivity index (χ2n) is 3.86. The summed E-state index contributed by atoms with van der Waals surface area (Å²) in [6.45, 7) is 6.11. The highest BCUT2D eigenvalue weighted by atomic mass is 16.3. The fourth-order valence-electron chi connectivity index (χ4n) is 1.45. The van der Waals surface area contributed by atoms with Crippen molar-refractivity contribution in [1.29, 1.82) is 0 Å². The van der Waals surface area contributed by atoms with Gasteiger partial charge in [-0.3, -0.25) is 0 Å². The van der Waals surface area contributed by atoms with Gasteiger partial charge >= 0.3 is 0 Å². The molecule has 1 aliphatic rings. The molecule has 1 atom stereocenters.